The zero-order chi connectivity index (χ0) is 14.3. The van der Waals surface area contributed by atoms with Gasteiger partial charge in [-0.1, -0.05) is 12.1 Å². The summed E-state index contributed by atoms with van der Waals surface area (Å²) >= 11 is 4.06. The van der Waals surface area contributed by atoms with E-state index in [1.165, 1.54) is 7.05 Å². The van der Waals surface area contributed by atoms with Crippen LogP contribution in [0.5, 0.6) is 0 Å². The molecule has 0 fully saturated rings. The number of nitrogens with one attached hydrogen (secondary N) is 1. The molecule has 2 amide bonds. The van der Waals surface area contributed by atoms with Crippen molar-refractivity contribution in [1.82, 2.24) is 5.01 Å². The van der Waals surface area contributed by atoms with Crippen molar-refractivity contribution in [2.75, 3.05) is 24.7 Å². The summed E-state index contributed by atoms with van der Waals surface area (Å²) in [5.41, 5.74) is 2.98. The molecular formula is C13H20N4OS. The fraction of sp³-hybridized carbons (Fsp3) is 0.385. The normalized spacial score (nSPS) is 10.7. The molecule has 0 aliphatic rings. The van der Waals surface area contributed by atoms with Crippen LogP contribution in [0.1, 0.15) is 11.1 Å². The molecule has 0 saturated carbocycles. The van der Waals surface area contributed by atoms with Gasteiger partial charge in [0.15, 0.2) is 0 Å². The van der Waals surface area contributed by atoms with Gasteiger partial charge in [0.05, 0.1) is 0 Å². The molecule has 0 aliphatic carbocycles. The van der Waals surface area contributed by atoms with E-state index in [4.69, 9.17) is 5.84 Å². The summed E-state index contributed by atoms with van der Waals surface area (Å²) in [7, 11) is 1.50. The van der Waals surface area contributed by atoms with Gasteiger partial charge in [-0.15, -0.1) is 0 Å². The van der Waals surface area contributed by atoms with Crippen molar-refractivity contribution in [2.45, 2.75) is 13.3 Å². The van der Waals surface area contributed by atoms with Crippen molar-refractivity contribution in [1.29, 1.82) is 0 Å². The van der Waals surface area contributed by atoms with E-state index in [-0.39, 0.29) is 6.03 Å². The fourth-order valence-electron chi connectivity index (χ4n) is 1.68. The predicted octanol–water partition coefficient (Wildman–Crippen LogP) is 1.88. The minimum Gasteiger partial charge on any atom is -0.306 e. The third kappa shape index (κ3) is 4.92. The summed E-state index contributed by atoms with van der Waals surface area (Å²) in [6.07, 6.45) is 2.54. The summed E-state index contributed by atoms with van der Waals surface area (Å²) in [5, 5.41) is 3.81. The molecule has 1 rings (SSSR count). The topological polar surface area (TPSA) is 70.7 Å². The monoisotopic (exact) mass is 280 g/mol. The molecule has 3 N–H and O–H groups in total. The second-order valence-corrected chi connectivity index (χ2v) is 4.53. The number of nitrogens with two attached hydrogens (primary N) is 1. The number of rotatable bonds is 5. The smallest absolute Gasteiger partial charge is 0.306 e. The number of benzene rings is 1. The Morgan fingerprint density at radius 2 is 2.32 bits per heavy atom. The highest BCUT2D eigenvalue weighted by molar-refractivity contribution is 7.80. The van der Waals surface area contributed by atoms with Crippen molar-refractivity contribution in [3.63, 3.8) is 0 Å². The molecule has 0 aliphatic heterocycles. The Morgan fingerprint density at radius 1 is 1.58 bits per heavy atom. The quantitative estimate of drug-likeness (QED) is 0.253. The van der Waals surface area contributed by atoms with Gasteiger partial charge in [-0.2, -0.15) is 12.6 Å². The lowest BCUT2D eigenvalue weighted by molar-refractivity contribution is 0.223. The first kappa shape index (κ1) is 15.5. The van der Waals surface area contributed by atoms with E-state index >= 15 is 0 Å². The number of hydrazine groups is 1. The van der Waals surface area contributed by atoms with E-state index in [9.17, 15) is 4.79 Å². The van der Waals surface area contributed by atoms with Crippen LogP contribution in [0.15, 0.2) is 23.2 Å². The lowest BCUT2D eigenvalue weighted by atomic mass is 10.0. The average Bonchev–Trinajstić information content (AvgIpc) is 2.37. The molecule has 0 unspecified atom stereocenters. The summed E-state index contributed by atoms with van der Waals surface area (Å²) in [6.45, 7) is 2.69. The third-order valence-corrected chi connectivity index (χ3v) is 2.84. The van der Waals surface area contributed by atoms with Gasteiger partial charge >= 0.3 is 6.03 Å². The van der Waals surface area contributed by atoms with Crippen molar-refractivity contribution in [3.8, 4) is 0 Å². The van der Waals surface area contributed by atoms with Crippen LogP contribution in [0.25, 0.3) is 0 Å². The van der Waals surface area contributed by atoms with Crippen molar-refractivity contribution < 1.29 is 4.79 Å². The first-order valence-corrected chi connectivity index (χ1v) is 6.66. The summed E-state index contributed by atoms with van der Waals surface area (Å²) in [5.74, 6) is 6.04. The minimum atomic E-state index is -0.342. The van der Waals surface area contributed by atoms with Gasteiger partial charge in [0, 0.05) is 31.2 Å². The van der Waals surface area contributed by atoms with Gasteiger partial charge in [0.2, 0.25) is 0 Å². The Hall–Kier alpha value is -1.53. The van der Waals surface area contributed by atoms with Gasteiger partial charge in [0.1, 0.15) is 0 Å². The largest absolute Gasteiger partial charge is 0.335 e. The molecule has 0 bridgehead atoms. The molecule has 6 heteroatoms. The van der Waals surface area contributed by atoms with Gasteiger partial charge in [-0.3, -0.25) is 10.0 Å². The van der Waals surface area contributed by atoms with Crippen LogP contribution in [-0.2, 0) is 6.42 Å². The Kier molecular flexibility index (Phi) is 6.38. The number of amides is 2. The third-order valence-electron chi connectivity index (χ3n) is 2.67. The van der Waals surface area contributed by atoms with Crippen molar-refractivity contribution in [2.24, 2.45) is 10.8 Å². The number of hydrogen-bond acceptors (Lipinski definition) is 4. The molecule has 0 saturated heterocycles. The van der Waals surface area contributed by atoms with Gasteiger partial charge in [-0.25, -0.2) is 10.6 Å². The molecule has 104 valence electrons. The maximum atomic E-state index is 11.6. The number of hydrogen-bond donors (Lipinski definition) is 3. The highest BCUT2D eigenvalue weighted by atomic mass is 32.1. The van der Waals surface area contributed by atoms with Crippen LogP contribution < -0.4 is 11.2 Å². The molecular weight excluding hydrogens is 260 g/mol. The maximum Gasteiger partial charge on any atom is 0.335 e. The number of carbonyl (C=O) groups is 1. The van der Waals surface area contributed by atoms with Crippen LogP contribution in [0, 0.1) is 6.92 Å². The first-order chi connectivity index (χ1) is 9.06. The zero-order valence-electron chi connectivity index (χ0n) is 11.3. The Morgan fingerprint density at radius 3 is 2.95 bits per heavy atom. The number of carbonyl (C=O) groups excluding carboxylic acids is 1. The Labute approximate surface area is 119 Å². The van der Waals surface area contributed by atoms with E-state index in [2.05, 4.69) is 22.9 Å². The number of nitrogens with zero attached hydrogens (tertiary/aromatic N) is 2. The molecule has 0 radical (unpaired) electrons. The molecule has 0 heterocycles. The fourth-order valence-corrected chi connectivity index (χ4v) is 1.80. The highest BCUT2D eigenvalue weighted by Gasteiger charge is 2.10. The zero-order valence-corrected chi connectivity index (χ0v) is 12.2. The predicted molar refractivity (Wildman–Crippen MR) is 83.1 cm³/mol. The van der Waals surface area contributed by atoms with Crippen molar-refractivity contribution in [3.05, 3.63) is 29.3 Å². The number of anilines is 1. The van der Waals surface area contributed by atoms with Crippen LogP contribution in [0.4, 0.5) is 10.5 Å². The molecule has 1 aromatic rings. The van der Waals surface area contributed by atoms with Crippen LogP contribution in [0.3, 0.4) is 0 Å². The molecule has 1 aromatic carbocycles. The second kappa shape index (κ2) is 7.81. The number of thiol groups is 1. The van der Waals surface area contributed by atoms with E-state index < -0.39 is 0 Å². The van der Waals surface area contributed by atoms with E-state index in [1.807, 2.05) is 25.1 Å². The Bertz CT molecular complexity index is 460. The number of aliphatic imine (C=N–C) groups is 1. The van der Waals surface area contributed by atoms with E-state index in [0.29, 0.717) is 12.3 Å². The van der Waals surface area contributed by atoms with Gasteiger partial charge in [-0.05, 0) is 30.5 Å². The molecule has 0 spiro atoms. The van der Waals surface area contributed by atoms with Crippen LogP contribution in [0.2, 0.25) is 0 Å². The molecule has 19 heavy (non-hydrogen) atoms. The molecule has 5 nitrogen and oxygen atoms in total. The lowest BCUT2D eigenvalue weighted by Gasteiger charge is -2.16. The number of urea groups is 1. The summed E-state index contributed by atoms with van der Waals surface area (Å²) in [6, 6.07) is 5.44. The summed E-state index contributed by atoms with van der Waals surface area (Å²) in [4.78, 5) is 15.8. The SMILES string of the molecule is Cc1cccc(NC(=O)N(C)N)c1CCN=CCS. The second-order valence-electron chi connectivity index (χ2n) is 4.16. The Balaban J connectivity index is 2.83. The van der Waals surface area contributed by atoms with Gasteiger partial charge in [0.25, 0.3) is 0 Å². The van der Waals surface area contributed by atoms with Crippen LogP contribution in [-0.4, -0.2) is 36.6 Å². The molecule has 0 aromatic heterocycles. The van der Waals surface area contributed by atoms with Crippen molar-refractivity contribution >= 4 is 30.6 Å². The lowest BCUT2D eigenvalue weighted by Crippen LogP contribution is -2.37. The van der Waals surface area contributed by atoms with Crippen LogP contribution >= 0.6 is 12.6 Å². The maximum absolute atomic E-state index is 11.6. The van der Waals surface area contributed by atoms with Gasteiger partial charge < -0.3 is 5.32 Å². The molecule has 0 atom stereocenters. The first-order valence-electron chi connectivity index (χ1n) is 6.03. The summed E-state index contributed by atoms with van der Waals surface area (Å²) < 4.78 is 0. The minimum absolute atomic E-state index is 0.342. The average molecular weight is 280 g/mol. The highest BCUT2D eigenvalue weighted by Crippen LogP contribution is 2.20. The van der Waals surface area contributed by atoms with E-state index in [1.54, 1.807) is 6.21 Å². The number of aryl methyl sites for hydroxylation is 1. The standard InChI is InChI=1S/C13H20N4OS/c1-10-4-3-5-12(16-13(18)17(2)14)11(10)6-7-15-8-9-19/h3-5,8,19H,6-7,9,14H2,1-2H3,(H,16,18). The van der Waals surface area contributed by atoms with E-state index in [0.717, 1.165) is 28.2 Å².